The molecule has 1 aliphatic carbocycles. The lowest BCUT2D eigenvalue weighted by Gasteiger charge is -2.04. The van der Waals surface area contributed by atoms with Crippen molar-refractivity contribution in [1.82, 2.24) is 9.55 Å². The molecule has 3 rings (SSSR count). The van der Waals surface area contributed by atoms with Gasteiger partial charge in [-0.3, -0.25) is 0 Å². The number of fused-ring (bicyclic) bond motifs is 1. The Morgan fingerprint density at radius 2 is 2.27 bits per heavy atom. The molecule has 0 spiro atoms. The first-order chi connectivity index (χ1) is 7.29. The lowest BCUT2D eigenvalue weighted by molar-refractivity contribution is 0.266. The summed E-state index contributed by atoms with van der Waals surface area (Å²) in [5.74, 6) is 0.745. The van der Waals surface area contributed by atoms with Gasteiger partial charge in [0.1, 0.15) is 12.4 Å². The van der Waals surface area contributed by atoms with Gasteiger partial charge in [0.2, 0.25) is 0 Å². The number of imidazole rings is 1. The van der Waals surface area contributed by atoms with Crippen LogP contribution in [0.5, 0.6) is 0 Å². The summed E-state index contributed by atoms with van der Waals surface area (Å²) in [4.78, 5) is 4.38. The summed E-state index contributed by atoms with van der Waals surface area (Å²) in [6, 6.07) is 6.21. The maximum absolute atomic E-state index is 9.25. The van der Waals surface area contributed by atoms with Crippen LogP contribution in [-0.2, 0) is 6.61 Å². The molecule has 0 amide bonds. The van der Waals surface area contributed by atoms with Gasteiger partial charge in [0.25, 0.3) is 0 Å². The minimum absolute atomic E-state index is 0.0111. The minimum atomic E-state index is -0.0111. The summed E-state index contributed by atoms with van der Waals surface area (Å²) < 4.78 is 2.13. The van der Waals surface area contributed by atoms with Gasteiger partial charge in [-0.05, 0) is 31.0 Å². The second kappa shape index (κ2) is 3.22. The average molecular weight is 223 g/mol. The number of aliphatic hydroxyl groups excluding tert-OH is 1. The average Bonchev–Trinajstić information content (AvgIpc) is 2.99. The van der Waals surface area contributed by atoms with E-state index in [0.29, 0.717) is 11.1 Å². The molecule has 15 heavy (non-hydrogen) atoms. The van der Waals surface area contributed by atoms with Gasteiger partial charge >= 0.3 is 0 Å². The molecule has 1 saturated carbocycles. The van der Waals surface area contributed by atoms with Gasteiger partial charge in [-0.1, -0.05) is 11.6 Å². The minimum Gasteiger partial charge on any atom is -0.388 e. The Labute approximate surface area is 92.3 Å². The molecule has 0 saturated heterocycles. The zero-order chi connectivity index (χ0) is 10.4. The molecule has 1 N–H and O–H groups in total. The van der Waals surface area contributed by atoms with Crippen molar-refractivity contribution in [3.05, 3.63) is 29.0 Å². The van der Waals surface area contributed by atoms with E-state index in [1.807, 2.05) is 18.2 Å². The van der Waals surface area contributed by atoms with Crippen molar-refractivity contribution in [3.63, 3.8) is 0 Å². The number of halogens is 1. The standard InChI is InChI=1S/C11H11ClN2O/c12-7-1-4-10-9(5-7)13-11(6-15)14(10)8-2-3-8/h1,4-5,8,15H,2-3,6H2. The van der Waals surface area contributed by atoms with E-state index in [1.54, 1.807) is 0 Å². The van der Waals surface area contributed by atoms with Crippen LogP contribution in [0.15, 0.2) is 18.2 Å². The molecule has 1 fully saturated rings. The highest BCUT2D eigenvalue weighted by Crippen LogP contribution is 2.38. The van der Waals surface area contributed by atoms with Gasteiger partial charge in [-0.15, -0.1) is 0 Å². The van der Waals surface area contributed by atoms with E-state index < -0.39 is 0 Å². The van der Waals surface area contributed by atoms with Crippen LogP contribution in [0, 0.1) is 0 Å². The van der Waals surface area contributed by atoms with Crippen LogP contribution in [0.25, 0.3) is 11.0 Å². The lowest BCUT2D eigenvalue weighted by Crippen LogP contribution is -2.00. The summed E-state index contributed by atoms with van der Waals surface area (Å²) in [5.41, 5.74) is 1.95. The van der Waals surface area contributed by atoms with Crippen LogP contribution >= 0.6 is 11.6 Å². The quantitative estimate of drug-likeness (QED) is 0.848. The third-order valence-corrected chi connectivity index (χ3v) is 3.01. The van der Waals surface area contributed by atoms with Crippen LogP contribution < -0.4 is 0 Å². The first-order valence-electron chi connectivity index (χ1n) is 5.07. The molecule has 2 aromatic rings. The van der Waals surface area contributed by atoms with Gasteiger partial charge in [0, 0.05) is 11.1 Å². The van der Waals surface area contributed by atoms with Gasteiger partial charge in [-0.25, -0.2) is 4.98 Å². The van der Waals surface area contributed by atoms with Crippen LogP contribution in [0.2, 0.25) is 5.02 Å². The Hall–Kier alpha value is -1.06. The van der Waals surface area contributed by atoms with Crippen LogP contribution in [0.4, 0.5) is 0 Å². The molecule has 0 bridgehead atoms. The second-order valence-electron chi connectivity index (χ2n) is 3.92. The van der Waals surface area contributed by atoms with Gasteiger partial charge in [0.15, 0.2) is 0 Å². The van der Waals surface area contributed by atoms with Crippen LogP contribution in [-0.4, -0.2) is 14.7 Å². The number of hydrogen-bond donors (Lipinski definition) is 1. The first kappa shape index (κ1) is 9.19. The van der Waals surface area contributed by atoms with Crippen molar-refractivity contribution in [2.24, 2.45) is 0 Å². The summed E-state index contributed by atoms with van der Waals surface area (Å²) in [6.07, 6.45) is 2.36. The monoisotopic (exact) mass is 222 g/mol. The highest BCUT2D eigenvalue weighted by molar-refractivity contribution is 6.31. The molecule has 1 aliphatic rings. The maximum atomic E-state index is 9.25. The number of nitrogens with zero attached hydrogens (tertiary/aromatic N) is 2. The Balaban J connectivity index is 2.28. The summed E-state index contributed by atoms with van der Waals surface area (Å²) in [6.45, 7) is -0.0111. The smallest absolute Gasteiger partial charge is 0.135 e. The molecule has 0 radical (unpaired) electrons. The van der Waals surface area contributed by atoms with Gasteiger partial charge in [0.05, 0.1) is 11.0 Å². The Morgan fingerprint density at radius 1 is 1.47 bits per heavy atom. The zero-order valence-corrected chi connectivity index (χ0v) is 8.91. The van der Waals surface area contributed by atoms with Gasteiger partial charge < -0.3 is 9.67 Å². The van der Waals surface area contributed by atoms with E-state index in [1.165, 1.54) is 12.8 Å². The number of benzene rings is 1. The highest BCUT2D eigenvalue weighted by Gasteiger charge is 2.27. The molecule has 0 aliphatic heterocycles. The maximum Gasteiger partial charge on any atom is 0.135 e. The fourth-order valence-electron chi connectivity index (χ4n) is 1.97. The number of hydrogen-bond acceptors (Lipinski definition) is 2. The van der Waals surface area contributed by atoms with E-state index >= 15 is 0 Å². The van der Waals surface area contributed by atoms with Crippen LogP contribution in [0.1, 0.15) is 24.7 Å². The summed E-state index contributed by atoms with van der Waals surface area (Å²) in [7, 11) is 0. The molecule has 0 atom stereocenters. The lowest BCUT2D eigenvalue weighted by atomic mass is 10.3. The first-order valence-corrected chi connectivity index (χ1v) is 5.44. The molecular weight excluding hydrogens is 212 g/mol. The topological polar surface area (TPSA) is 38.1 Å². The van der Waals surface area contributed by atoms with Crippen LogP contribution in [0.3, 0.4) is 0 Å². The normalized spacial score (nSPS) is 16.1. The predicted molar refractivity (Wildman–Crippen MR) is 58.9 cm³/mol. The molecule has 1 aromatic carbocycles. The third-order valence-electron chi connectivity index (χ3n) is 2.78. The molecule has 1 aromatic heterocycles. The van der Waals surface area contributed by atoms with Crippen molar-refractivity contribution >= 4 is 22.6 Å². The van der Waals surface area contributed by atoms with E-state index in [9.17, 15) is 5.11 Å². The number of aromatic nitrogens is 2. The summed E-state index contributed by atoms with van der Waals surface area (Å²) in [5, 5.41) is 9.94. The van der Waals surface area contributed by atoms with E-state index in [0.717, 1.165) is 16.9 Å². The third kappa shape index (κ3) is 1.43. The SMILES string of the molecule is OCc1nc2cc(Cl)ccc2n1C1CC1. The largest absolute Gasteiger partial charge is 0.388 e. The molecule has 3 nitrogen and oxygen atoms in total. The predicted octanol–water partition coefficient (Wildman–Crippen LogP) is 2.52. The molecule has 78 valence electrons. The fraction of sp³-hybridized carbons (Fsp3) is 0.364. The molecule has 0 unspecified atom stereocenters. The summed E-state index contributed by atoms with van der Waals surface area (Å²) >= 11 is 5.91. The highest BCUT2D eigenvalue weighted by atomic mass is 35.5. The number of aliphatic hydroxyl groups is 1. The van der Waals surface area contributed by atoms with Gasteiger partial charge in [-0.2, -0.15) is 0 Å². The zero-order valence-electron chi connectivity index (χ0n) is 8.15. The van der Waals surface area contributed by atoms with Crippen molar-refractivity contribution in [1.29, 1.82) is 0 Å². The Kier molecular flexibility index (Phi) is 1.97. The molecule has 4 heteroatoms. The Morgan fingerprint density at radius 3 is 2.93 bits per heavy atom. The van der Waals surface area contributed by atoms with Crippen molar-refractivity contribution in [3.8, 4) is 0 Å². The fourth-order valence-corrected chi connectivity index (χ4v) is 2.14. The second-order valence-corrected chi connectivity index (χ2v) is 4.36. The number of rotatable bonds is 2. The molecule has 1 heterocycles. The van der Waals surface area contributed by atoms with E-state index in [-0.39, 0.29) is 6.61 Å². The van der Waals surface area contributed by atoms with Crippen molar-refractivity contribution in [2.45, 2.75) is 25.5 Å². The Bertz CT molecular complexity index is 517. The van der Waals surface area contributed by atoms with Crippen molar-refractivity contribution in [2.75, 3.05) is 0 Å². The van der Waals surface area contributed by atoms with E-state index in [4.69, 9.17) is 11.6 Å². The molecular formula is C11H11ClN2O. The van der Waals surface area contributed by atoms with E-state index in [2.05, 4.69) is 9.55 Å². The van der Waals surface area contributed by atoms with Crippen molar-refractivity contribution < 1.29 is 5.11 Å².